The molecule has 0 aromatic rings. The number of ether oxygens (including phenoxy) is 1. The molecule has 2 nitrogen and oxygen atoms in total. The summed E-state index contributed by atoms with van der Waals surface area (Å²) in [5.41, 5.74) is 0.190. The fraction of sp³-hybridized carbons (Fsp3) is 1.00. The van der Waals surface area contributed by atoms with E-state index in [2.05, 4.69) is 5.32 Å². The van der Waals surface area contributed by atoms with E-state index in [1.807, 2.05) is 7.05 Å². The quantitative estimate of drug-likeness (QED) is 0.730. The van der Waals surface area contributed by atoms with Crippen LogP contribution >= 0.6 is 0 Å². The van der Waals surface area contributed by atoms with Crippen LogP contribution in [0.5, 0.6) is 0 Å². The van der Waals surface area contributed by atoms with Gasteiger partial charge in [-0.15, -0.1) is 0 Å². The summed E-state index contributed by atoms with van der Waals surface area (Å²) in [4.78, 5) is 0. The van der Waals surface area contributed by atoms with Crippen LogP contribution in [0.25, 0.3) is 0 Å². The van der Waals surface area contributed by atoms with Crippen LogP contribution in [-0.2, 0) is 4.74 Å². The number of hydrogen-bond donors (Lipinski definition) is 1. The third-order valence-electron chi connectivity index (χ3n) is 3.59. The van der Waals surface area contributed by atoms with Crippen molar-refractivity contribution in [3.8, 4) is 0 Å². The highest BCUT2D eigenvalue weighted by atomic mass is 16.5. The highest BCUT2D eigenvalue weighted by Gasteiger charge is 2.34. The normalized spacial score (nSPS) is 26.4. The molecular weight excluding hydrogens is 174 g/mol. The molecule has 0 bridgehead atoms. The SMILES string of the molecule is CNCC1(OCC2CC2)CCCCC1. The molecule has 1 N–H and O–H groups in total. The molecule has 2 fully saturated rings. The third-order valence-corrected chi connectivity index (χ3v) is 3.59. The van der Waals surface area contributed by atoms with Crippen LogP contribution in [0.15, 0.2) is 0 Å². The van der Waals surface area contributed by atoms with Crippen molar-refractivity contribution in [2.45, 2.75) is 50.5 Å². The molecule has 2 saturated carbocycles. The van der Waals surface area contributed by atoms with Crippen LogP contribution in [0.2, 0.25) is 0 Å². The number of nitrogens with one attached hydrogen (secondary N) is 1. The van der Waals surface area contributed by atoms with Crippen molar-refractivity contribution in [1.82, 2.24) is 5.32 Å². The first kappa shape index (κ1) is 10.4. The first-order chi connectivity index (χ1) is 6.85. The fourth-order valence-corrected chi connectivity index (χ4v) is 2.47. The van der Waals surface area contributed by atoms with Crippen LogP contribution in [-0.4, -0.2) is 25.8 Å². The Bertz CT molecular complexity index is 166. The summed E-state index contributed by atoms with van der Waals surface area (Å²) in [6.07, 6.45) is 9.43. The predicted molar refractivity (Wildman–Crippen MR) is 58.4 cm³/mol. The van der Waals surface area contributed by atoms with Gasteiger partial charge in [0, 0.05) is 6.54 Å². The zero-order chi connectivity index (χ0) is 9.86. The largest absolute Gasteiger partial charge is 0.373 e. The summed E-state index contributed by atoms with van der Waals surface area (Å²) < 4.78 is 6.17. The zero-order valence-electron chi connectivity index (χ0n) is 9.35. The minimum absolute atomic E-state index is 0.190. The summed E-state index contributed by atoms with van der Waals surface area (Å²) in [6.45, 7) is 2.06. The lowest BCUT2D eigenvalue weighted by molar-refractivity contribution is -0.0717. The lowest BCUT2D eigenvalue weighted by Crippen LogP contribution is -2.44. The lowest BCUT2D eigenvalue weighted by Gasteiger charge is -2.37. The van der Waals surface area contributed by atoms with E-state index in [1.165, 1.54) is 44.9 Å². The second kappa shape index (κ2) is 4.63. The van der Waals surface area contributed by atoms with E-state index in [9.17, 15) is 0 Å². The van der Waals surface area contributed by atoms with Gasteiger partial charge in [-0.05, 0) is 38.6 Å². The molecule has 14 heavy (non-hydrogen) atoms. The summed E-state index contributed by atoms with van der Waals surface area (Å²) >= 11 is 0. The van der Waals surface area contributed by atoms with Gasteiger partial charge in [0.2, 0.25) is 0 Å². The van der Waals surface area contributed by atoms with E-state index in [1.54, 1.807) is 0 Å². The fourth-order valence-electron chi connectivity index (χ4n) is 2.47. The summed E-state index contributed by atoms with van der Waals surface area (Å²) in [6, 6.07) is 0. The topological polar surface area (TPSA) is 21.3 Å². The second-order valence-electron chi connectivity index (χ2n) is 5.03. The molecule has 0 heterocycles. The molecule has 0 aromatic heterocycles. The molecule has 0 spiro atoms. The van der Waals surface area contributed by atoms with Crippen LogP contribution in [0.4, 0.5) is 0 Å². The molecule has 0 unspecified atom stereocenters. The van der Waals surface area contributed by atoms with Gasteiger partial charge in [0.05, 0.1) is 12.2 Å². The van der Waals surface area contributed by atoms with Crippen molar-refractivity contribution in [1.29, 1.82) is 0 Å². The van der Waals surface area contributed by atoms with Gasteiger partial charge in [-0.3, -0.25) is 0 Å². The Morgan fingerprint density at radius 1 is 1.21 bits per heavy atom. The van der Waals surface area contributed by atoms with Crippen LogP contribution in [0, 0.1) is 5.92 Å². The smallest absolute Gasteiger partial charge is 0.0806 e. The van der Waals surface area contributed by atoms with Crippen LogP contribution in [0.1, 0.15) is 44.9 Å². The van der Waals surface area contributed by atoms with Gasteiger partial charge in [0.1, 0.15) is 0 Å². The molecule has 0 aliphatic heterocycles. The first-order valence-corrected chi connectivity index (χ1v) is 6.13. The lowest BCUT2D eigenvalue weighted by atomic mass is 9.84. The summed E-state index contributed by atoms with van der Waals surface area (Å²) in [5, 5.41) is 3.30. The predicted octanol–water partition coefficient (Wildman–Crippen LogP) is 2.34. The van der Waals surface area contributed by atoms with Crippen molar-refractivity contribution >= 4 is 0 Å². The van der Waals surface area contributed by atoms with E-state index < -0.39 is 0 Å². The second-order valence-corrected chi connectivity index (χ2v) is 5.03. The number of rotatable bonds is 5. The van der Waals surface area contributed by atoms with E-state index in [4.69, 9.17) is 4.74 Å². The maximum absolute atomic E-state index is 6.17. The molecule has 0 aromatic carbocycles. The Kier molecular flexibility index (Phi) is 3.45. The van der Waals surface area contributed by atoms with Crippen molar-refractivity contribution in [3.05, 3.63) is 0 Å². The molecular formula is C12H23NO. The minimum Gasteiger partial charge on any atom is -0.373 e. The molecule has 0 radical (unpaired) electrons. The molecule has 0 amide bonds. The zero-order valence-corrected chi connectivity index (χ0v) is 9.35. The Morgan fingerprint density at radius 3 is 2.50 bits per heavy atom. The van der Waals surface area contributed by atoms with E-state index in [0.717, 1.165) is 19.1 Å². The number of likely N-dealkylation sites (N-methyl/N-ethyl adjacent to an activating group) is 1. The van der Waals surface area contributed by atoms with E-state index in [0.29, 0.717) is 0 Å². The van der Waals surface area contributed by atoms with Gasteiger partial charge in [-0.1, -0.05) is 19.3 Å². The Hall–Kier alpha value is -0.0800. The highest BCUT2D eigenvalue weighted by molar-refractivity contribution is 4.87. The van der Waals surface area contributed by atoms with E-state index >= 15 is 0 Å². The average molecular weight is 197 g/mol. The standard InChI is InChI=1S/C12H23NO/c1-13-10-12(7-3-2-4-8-12)14-9-11-5-6-11/h11,13H,2-10H2,1H3. The molecule has 2 rings (SSSR count). The van der Waals surface area contributed by atoms with Crippen molar-refractivity contribution in [2.24, 2.45) is 5.92 Å². The van der Waals surface area contributed by atoms with Crippen molar-refractivity contribution in [3.63, 3.8) is 0 Å². The Balaban J connectivity index is 1.82. The average Bonchev–Trinajstić information content (AvgIpc) is 3.00. The molecule has 2 aliphatic rings. The van der Waals surface area contributed by atoms with Gasteiger partial charge in [-0.25, -0.2) is 0 Å². The first-order valence-electron chi connectivity index (χ1n) is 6.13. The molecule has 0 atom stereocenters. The van der Waals surface area contributed by atoms with Gasteiger partial charge in [0.25, 0.3) is 0 Å². The van der Waals surface area contributed by atoms with Gasteiger partial charge in [0.15, 0.2) is 0 Å². The third kappa shape index (κ3) is 2.71. The highest BCUT2D eigenvalue weighted by Crippen LogP contribution is 2.35. The summed E-state index contributed by atoms with van der Waals surface area (Å²) in [5.74, 6) is 0.894. The molecule has 2 heteroatoms. The summed E-state index contributed by atoms with van der Waals surface area (Å²) in [7, 11) is 2.04. The van der Waals surface area contributed by atoms with Gasteiger partial charge >= 0.3 is 0 Å². The molecule has 2 aliphatic carbocycles. The monoisotopic (exact) mass is 197 g/mol. The van der Waals surface area contributed by atoms with Crippen molar-refractivity contribution in [2.75, 3.05) is 20.2 Å². The maximum atomic E-state index is 6.17. The van der Waals surface area contributed by atoms with Crippen LogP contribution in [0.3, 0.4) is 0 Å². The minimum atomic E-state index is 0.190. The van der Waals surface area contributed by atoms with Crippen molar-refractivity contribution < 1.29 is 4.74 Å². The number of hydrogen-bond acceptors (Lipinski definition) is 2. The van der Waals surface area contributed by atoms with Gasteiger partial charge in [-0.2, -0.15) is 0 Å². The maximum Gasteiger partial charge on any atom is 0.0806 e. The van der Waals surface area contributed by atoms with Crippen LogP contribution < -0.4 is 5.32 Å². The molecule has 0 saturated heterocycles. The van der Waals surface area contributed by atoms with E-state index in [-0.39, 0.29) is 5.60 Å². The van der Waals surface area contributed by atoms with Gasteiger partial charge < -0.3 is 10.1 Å². The Labute approximate surface area is 87.4 Å². The Morgan fingerprint density at radius 2 is 1.93 bits per heavy atom. The molecule has 82 valence electrons.